The minimum atomic E-state index is -0.946. The molecule has 0 aliphatic carbocycles. The zero-order chi connectivity index (χ0) is 16.5. The molecule has 0 saturated carbocycles. The van der Waals surface area contributed by atoms with Crippen LogP contribution in [0.25, 0.3) is 0 Å². The van der Waals surface area contributed by atoms with Crippen LogP contribution in [0.1, 0.15) is 31.1 Å². The molecule has 0 bridgehead atoms. The third-order valence-electron chi connectivity index (χ3n) is 2.95. The molecule has 0 radical (unpaired) electrons. The van der Waals surface area contributed by atoms with E-state index in [0.717, 1.165) is 24.2 Å². The van der Waals surface area contributed by atoms with Gasteiger partial charge in [-0.2, -0.15) is 0 Å². The van der Waals surface area contributed by atoms with Crippen molar-refractivity contribution in [2.24, 2.45) is 5.92 Å². The lowest BCUT2D eigenvalue weighted by Gasteiger charge is -2.28. The van der Waals surface area contributed by atoms with E-state index < -0.39 is 5.97 Å². The summed E-state index contributed by atoms with van der Waals surface area (Å²) in [4.78, 5) is 13.2. The Balaban J connectivity index is 3.32. The standard InChI is InChI=1S/C18H23NO3/c1-4-7-16(10-6-11-20)19(13-14(2)3)17-9-5-8-15(12-17)18(21)22/h4-12,14,20H,13H2,1-3H3,(H,21,22)/b7-4-,11-6+,16-10+. The summed E-state index contributed by atoms with van der Waals surface area (Å²) in [7, 11) is 0. The van der Waals surface area contributed by atoms with Gasteiger partial charge in [-0.05, 0) is 49.3 Å². The number of hydrogen-bond donors (Lipinski definition) is 2. The van der Waals surface area contributed by atoms with E-state index in [0.29, 0.717) is 5.92 Å². The summed E-state index contributed by atoms with van der Waals surface area (Å²) in [5.41, 5.74) is 1.94. The van der Waals surface area contributed by atoms with Crippen molar-refractivity contribution in [3.63, 3.8) is 0 Å². The quantitative estimate of drug-likeness (QED) is 0.579. The van der Waals surface area contributed by atoms with E-state index in [2.05, 4.69) is 13.8 Å². The van der Waals surface area contributed by atoms with Gasteiger partial charge in [-0.15, -0.1) is 0 Å². The number of rotatable bonds is 7. The number of aromatic carboxylic acids is 1. The van der Waals surface area contributed by atoms with Crippen LogP contribution in [0.4, 0.5) is 5.69 Å². The van der Waals surface area contributed by atoms with Crippen molar-refractivity contribution in [1.29, 1.82) is 0 Å². The van der Waals surface area contributed by atoms with E-state index in [1.807, 2.05) is 30.0 Å². The van der Waals surface area contributed by atoms with Crippen LogP contribution >= 0.6 is 0 Å². The Bertz CT molecular complexity index is 586. The molecule has 1 aromatic carbocycles. The minimum Gasteiger partial charge on any atom is -0.516 e. The monoisotopic (exact) mass is 301 g/mol. The third-order valence-corrected chi connectivity index (χ3v) is 2.95. The molecule has 0 spiro atoms. The van der Waals surface area contributed by atoms with Crippen LogP contribution in [0.15, 0.2) is 60.5 Å². The van der Waals surface area contributed by atoms with Gasteiger partial charge in [0.15, 0.2) is 0 Å². The summed E-state index contributed by atoms with van der Waals surface area (Å²) in [6.45, 7) is 6.85. The second kappa shape index (κ2) is 8.72. The maximum Gasteiger partial charge on any atom is 0.335 e. The Morgan fingerprint density at radius 2 is 2.09 bits per heavy atom. The van der Waals surface area contributed by atoms with Gasteiger partial charge < -0.3 is 15.1 Å². The smallest absolute Gasteiger partial charge is 0.335 e. The molecule has 118 valence electrons. The predicted octanol–water partition coefficient (Wildman–Crippen LogP) is 4.38. The fourth-order valence-electron chi connectivity index (χ4n) is 2.08. The number of benzene rings is 1. The molecule has 0 aliphatic rings. The fourth-order valence-corrected chi connectivity index (χ4v) is 2.08. The first-order valence-electron chi connectivity index (χ1n) is 7.24. The molecule has 22 heavy (non-hydrogen) atoms. The Labute approximate surface area is 131 Å². The molecule has 0 saturated heterocycles. The highest BCUT2D eigenvalue weighted by atomic mass is 16.4. The Kier molecular flexibility index (Phi) is 6.96. The molecule has 1 aromatic rings. The van der Waals surface area contributed by atoms with E-state index in [4.69, 9.17) is 10.2 Å². The first kappa shape index (κ1) is 17.6. The molecular formula is C18H23NO3. The van der Waals surface area contributed by atoms with Gasteiger partial charge in [0, 0.05) is 17.9 Å². The molecule has 0 unspecified atom stereocenters. The zero-order valence-electron chi connectivity index (χ0n) is 13.2. The van der Waals surface area contributed by atoms with Crippen LogP contribution in [-0.2, 0) is 0 Å². The van der Waals surface area contributed by atoms with Crippen LogP contribution in [0.3, 0.4) is 0 Å². The van der Waals surface area contributed by atoms with Gasteiger partial charge in [0.05, 0.1) is 11.8 Å². The number of hydrogen-bond acceptors (Lipinski definition) is 3. The molecular weight excluding hydrogens is 278 g/mol. The summed E-state index contributed by atoms with van der Waals surface area (Å²) in [6.07, 6.45) is 8.14. The van der Waals surface area contributed by atoms with Crippen molar-refractivity contribution < 1.29 is 15.0 Å². The number of aliphatic hydroxyl groups excluding tert-OH is 1. The normalized spacial score (nSPS) is 12.5. The highest BCUT2D eigenvalue weighted by molar-refractivity contribution is 5.89. The van der Waals surface area contributed by atoms with E-state index in [9.17, 15) is 4.79 Å². The van der Waals surface area contributed by atoms with Crippen molar-refractivity contribution in [2.45, 2.75) is 20.8 Å². The highest BCUT2D eigenvalue weighted by Crippen LogP contribution is 2.23. The van der Waals surface area contributed by atoms with Crippen molar-refractivity contribution in [2.75, 3.05) is 11.4 Å². The largest absolute Gasteiger partial charge is 0.516 e. The Morgan fingerprint density at radius 1 is 1.36 bits per heavy atom. The molecule has 4 nitrogen and oxygen atoms in total. The number of anilines is 1. The summed E-state index contributed by atoms with van der Waals surface area (Å²) < 4.78 is 0. The number of carboxylic acids is 1. The summed E-state index contributed by atoms with van der Waals surface area (Å²) in [6, 6.07) is 6.85. The second-order valence-corrected chi connectivity index (χ2v) is 5.29. The molecule has 0 atom stereocenters. The molecule has 0 aliphatic heterocycles. The Hall–Kier alpha value is -2.49. The average molecular weight is 301 g/mol. The Morgan fingerprint density at radius 3 is 2.64 bits per heavy atom. The summed E-state index contributed by atoms with van der Waals surface area (Å²) in [5, 5.41) is 18.1. The third kappa shape index (κ3) is 5.13. The average Bonchev–Trinajstić information content (AvgIpc) is 2.49. The van der Waals surface area contributed by atoms with Gasteiger partial charge in [0.1, 0.15) is 0 Å². The number of carbonyl (C=O) groups is 1. The minimum absolute atomic E-state index is 0.254. The van der Waals surface area contributed by atoms with Crippen LogP contribution < -0.4 is 4.90 Å². The maximum absolute atomic E-state index is 11.2. The van der Waals surface area contributed by atoms with E-state index in [-0.39, 0.29) is 5.56 Å². The molecule has 1 rings (SSSR count). The zero-order valence-corrected chi connectivity index (χ0v) is 13.2. The predicted molar refractivity (Wildman–Crippen MR) is 90.3 cm³/mol. The van der Waals surface area contributed by atoms with Crippen molar-refractivity contribution in [3.05, 3.63) is 66.1 Å². The molecule has 2 N–H and O–H groups in total. The van der Waals surface area contributed by atoms with Gasteiger partial charge in [-0.1, -0.05) is 26.0 Å². The molecule has 0 aromatic heterocycles. The lowest BCUT2D eigenvalue weighted by molar-refractivity contribution is 0.0697. The van der Waals surface area contributed by atoms with Crippen LogP contribution in [0.2, 0.25) is 0 Å². The first-order valence-corrected chi connectivity index (χ1v) is 7.24. The first-order chi connectivity index (χ1) is 10.5. The van der Waals surface area contributed by atoms with Gasteiger partial charge >= 0.3 is 5.97 Å². The molecule has 4 heteroatoms. The number of aliphatic hydroxyl groups is 1. The number of carboxylic acid groups (broad SMARTS) is 1. The second-order valence-electron chi connectivity index (χ2n) is 5.29. The van der Waals surface area contributed by atoms with Crippen LogP contribution in [-0.4, -0.2) is 22.7 Å². The fraction of sp³-hybridized carbons (Fsp3) is 0.278. The van der Waals surface area contributed by atoms with E-state index >= 15 is 0 Å². The lowest BCUT2D eigenvalue weighted by Crippen LogP contribution is -2.26. The summed E-state index contributed by atoms with van der Waals surface area (Å²) >= 11 is 0. The number of nitrogens with zero attached hydrogens (tertiary/aromatic N) is 1. The van der Waals surface area contributed by atoms with Crippen LogP contribution in [0, 0.1) is 5.92 Å². The van der Waals surface area contributed by atoms with E-state index in [1.165, 1.54) is 0 Å². The van der Waals surface area contributed by atoms with Crippen molar-refractivity contribution in [3.8, 4) is 0 Å². The number of allylic oxidation sites excluding steroid dienone is 4. The lowest BCUT2D eigenvalue weighted by atomic mass is 10.1. The maximum atomic E-state index is 11.2. The SMILES string of the molecule is C\C=C/C(=C\C=C\O)N(CC(C)C)c1cccc(C(=O)O)c1. The van der Waals surface area contributed by atoms with E-state index in [1.54, 1.807) is 30.4 Å². The van der Waals surface area contributed by atoms with Gasteiger partial charge in [-0.25, -0.2) is 4.79 Å². The van der Waals surface area contributed by atoms with Crippen molar-refractivity contribution in [1.82, 2.24) is 0 Å². The van der Waals surface area contributed by atoms with Crippen molar-refractivity contribution >= 4 is 11.7 Å². The topological polar surface area (TPSA) is 60.8 Å². The van der Waals surface area contributed by atoms with Crippen LogP contribution in [0.5, 0.6) is 0 Å². The molecule has 0 fully saturated rings. The van der Waals surface area contributed by atoms with Gasteiger partial charge in [0.2, 0.25) is 0 Å². The molecule has 0 heterocycles. The van der Waals surface area contributed by atoms with Gasteiger partial charge in [-0.3, -0.25) is 0 Å². The highest BCUT2D eigenvalue weighted by Gasteiger charge is 2.13. The van der Waals surface area contributed by atoms with Gasteiger partial charge in [0.25, 0.3) is 0 Å². The molecule has 0 amide bonds. The summed E-state index contributed by atoms with van der Waals surface area (Å²) in [5.74, 6) is -0.557.